The molecule has 4 unspecified atom stereocenters. The number of Topliss-reactive ketones (excluding diaryl/α,β-unsaturated/α-hetero) is 2. The van der Waals surface area contributed by atoms with Crippen LogP contribution in [0.5, 0.6) is 17.2 Å². The normalized spacial score (nSPS) is 26.5. The summed E-state index contributed by atoms with van der Waals surface area (Å²) in [5.41, 5.74) is 0.462. The smallest absolute Gasteiger partial charge is 0.333 e. The number of nitrogens with zero attached hydrogens (tertiary/aromatic N) is 2. The van der Waals surface area contributed by atoms with Gasteiger partial charge in [0.1, 0.15) is 22.8 Å². The number of fused-ring (bicyclic) bond motifs is 1. The Hall–Kier alpha value is -4.03. The highest BCUT2D eigenvalue weighted by molar-refractivity contribution is 6.18. The van der Waals surface area contributed by atoms with Gasteiger partial charge in [-0.3, -0.25) is 14.5 Å². The Kier molecular flexibility index (Phi) is 13.0. The maximum Gasteiger partial charge on any atom is 0.333 e. The molecule has 1 spiro atoms. The number of allylic oxidation sites excluding steroid dienone is 7. The molecule has 6 aliphatic rings. The molecule has 0 radical (unpaired) electrons. The van der Waals surface area contributed by atoms with E-state index < -0.39 is 40.4 Å². The number of hydrogen-bond acceptors (Lipinski definition) is 11. The number of ether oxygens (including phenoxy) is 3. The summed E-state index contributed by atoms with van der Waals surface area (Å²) >= 11 is 0. The van der Waals surface area contributed by atoms with Crippen LogP contribution in [-0.2, 0) is 31.9 Å². The third-order valence-electron chi connectivity index (χ3n) is 12.9. The topological polar surface area (TPSA) is 146 Å². The van der Waals surface area contributed by atoms with E-state index in [2.05, 4.69) is 29.7 Å². The molecule has 4 atom stereocenters. The van der Waals surface area contributed by atoms with Crippen LogP contribution in [0.4, 0.5) is 0 Å². The van der Waals surface area contributed by atoms with Crippen LogP contribution in [0.2, 0.25) is 0 Å². The van der Waals surface area contributed by atoms with Gasteiger partial charge in [-0.2, -0.15) is 0 Å². The van der Waals surface area contributed by atoms with Gasteiger partial charge in [0.05, 0.1) is 18.8 Å². The number of aromatic hydroxyl groups is 2. The van der Waals surface area contributed by atoms with Gasteiger partial charge in [0.15, 0.2) is 22.8 Å². The van der Waals surface area contributed by atoms with Gasteiger partial charge in [-0.1, -0.05) is 47.1 Å². The second kappa shape index (κ2) is 17.3. The lowest BCUT2D eigenvalue weighted by Gasteiger charge is -2.56. The number of carbonyl (C=O) groups excluding carboxylic acids is 3. The number of phenolic OH excluding ortho intramolecular Hbond substituents is 2. The molecule has 0 aromatic heterocycles. The molecule has 3 fully saturated rings. The summed E-state index contributed by atoms with van der Waals surface area (Å²) in [5, 5.41) is 33.0. The van der Waals surface area contributed by atoms with E-state index in [9.17, 15) is 29.7 Å². The lowest BCUT2D eigenvalue weighted by Crippen LogP contribution is -2.72. The lowest BCUT2D eigenvalue weighted by molar-refractivity contribution is -0.171. The number of ketones is 2. The molecule has 3 N–H and O–H groups in total. The van der Waals surface area contributed by atoms with Crippen LogP contribution in [0.3, 0.4) is 0 Å². The molecule has 58 heavy (non-hydrogen) atoms. The zero-order valence-corrected chi connectivity index (χ0v) is 35.8. The maximum atomic E-state index is 15.0. The standard InChI is InChI=1S/C47H64N2O9/c1-29(2)11-9-12-31(5)14-16-34-39(51)35(15-13-30(3)4)42-38(40(34)52)41(53)36-27-33-28-37-45(7,8)58-46(43(33)54,47(36,37)57-42)18-17-32(6)44(55)56-26-10-19-48-20-22-49(23-21-48)24-25-50/h11,13-14,17,27,33,37,50-52H,9-10,12,15-16,18-26,28H2,1-8H3/b31-14+,32-17+. The predicted octanol–water partition coefficient (Wildman–Crippen LogP) is 6.73. The summed E-state index contributed by atoms with van der Waals surface area (Å²) in [6, 6.07) is 0. The number of aliphatic hydroxyl groups excluding tert-OH is 1. The largest absolute Gasteiger partial charge is 0.507 e. The van der Waals surface area contributed by atoms with Crippen molar-refractivity contribution >= 4 is 17.5 Å². The van der Waals surface area contributed by atoms with Crippen molar-refractivity contribution in [2.45, 2.75) is 117 Å². The van der Waals surface area contributed by atoms with Crippen LogP contribution in [-0.4, -0.2) is 112 Å². The highest BCUT2D eigenvalue weighted by atomic mass is 16.6. The maximum absolute atomic E-state index is 15.0. The molecule has 1 aromatic rings. The minimum Gasteiger partial charge on any atom is -0.507 e. The minimum atomic E-state index is -1.65. The van der Waals surface area contributed by atoms with Crippen LogP contribution in [0, 0.1) is 11.8 Å². The van der Waals surface area contributed by atoms with E-state index in [1.807, 2.05) is 46.8 Å². The second-order valence-electron chi connectivity index (χ2n) is 17.9. The summed E-state index contributed by atoms with van der Waals surface area (Å²) in [4.78, 5) is 47.5. The molecule has 3 heterocycles. The molecule has 3 aliphatic heterocycles. The summed E-state index contributed by atoms with van der Waals surface area (Å²) in [7, 11) is 0. The average molecular weight is 801 g/mol. The van der Waals surface area contributed by atoms with Gasteiger partial charge in [0.2, 0.25) is 0 Å². The summed E-state index contributed by atoms with van der Waals surface area (Å²) in [6.45, 7) is 21.0. The van der Waals surface area contributed by atoms with Crippen molar-refractivity contribution in [1.82, 2.24) is 9.80 Å². The van der Waals surface area contributed by atoms with Gasteiger partial charge in [-0.15, -0.1) is 0 Å². The molecule has 0 amide bonds. The highest BCUT2D eigenvalue weighted by Gasteiger charge is 2.81. The number of esters is 1. The fourth-order valence-electron chi connectivity index (χ4n) is 9.74. The van der Waals surface area contributed by atoms with Crippen molar-refractivity contribution in [2.24, 2.45) is 11.8 Å². The molecule has 316 valence electrons. The van der Waals surface area contributed by atoms with Crippen molar-refractivity contribution < 1.29 is 43.9 Å². The Morgan fingerprint density at radius 2 is 1.55 bits per heavy atom. The molecule has 7 rings (SSSR count). The monoisotopic (exact) mass is 800 g/mol. The first-order chi connectivity index (χ1) is 27.5. The first-order valence-electron chi connectivity index (χ1n) is 21.1. The van der Waals surface area contributed by atoms with Crippen molar-refractivity contribution in [3.05, 3.63) is 74.9 Å². The third-order valence-corrected chi connectivity index (χ3v) is 12.9. The molecule has 1 saturated carbocycles. The molecule has 4 bridgehead atoms. The molecule has 3 aliphatic carbocycles. The zero-order valence-electron chi connectivity index (χ0n) is 35.8. The van der Waals surface area contributed by atoms with Crippen LogP contribution >= 0.6 is 0 Å². The van der Waals surface area contributed by atoms with E-state index >= 15 is 0 Å². The molecule has 1 aromatic carbocycles. The fraction of sp³-hybridized carbons (Fsp3) is 0.596. The van der Waals surface area contributed by atoms with E-state index in [-0.39, 0.29) is 72.2 Å². The van der Waals surface area contributed by atoms with E-state index in [0.717, 1.165) is 56.7 Å². The Morgan fingerprint density at radius 3 is 2.21 bits per heavy atom. The van der Waals surface area contributed by atoms with Crippen LogP contribution in [0.1, 0.15) is 109 Å². The fourth-order valence-corrected chi connectivity index (χ4v) is 9.74. The number of carbonyl (C=O) groups is 3. The Labute approximate surface area is 344 Å². The van der Waals surface area contributed by atoms with Crippen molar-refractivity contribution in [1.29, 1.82) is 0 Å². The average Bonchev–Trinajstić information content (AvgIpc) is 3.32. The van der Waals surface area contributed by atoms with Crippen molar-refractivity contribution in [3.63, 3.8) is 0 Å². The number of piperazine rings is 1. The van der Waals surface area contributed by atoms with E-state index in [4.69, 9.17) is 14.2 Å². The van der Waals surface area contributed by atoms with Crippen LogP contribution < -0.4 is 4.74 Å². The highest BCUT2D eigenvalue weighted by Crippen LogP contribution is 2.68. The third kappa shape index (κ3) is 7.99. The number of rotatable bonds is 16. The first kappa shape index (κ1) is 43.5. The summed E-state index contributed by atoms with van der Waals surface area (Å²) in [5.74, 6) is -2.56. The van der Waals surface area contributed by atoms with Crippen molar-refractivity contribution in [3.8, 4) is 17.2 Å². The van der Waals surface area contributed by atoms with Gasteiger partial charge in [0, 0.05) is 79.8 Å². The quantitative estimate of drug-likeness (QED) is 0.0709. The number of benzene rings is 1. The molecule has 11 nitrogen and oxygen atoms in total. The SMILES string of the molecule is CC(C)=CCC/C(C)=C/Cc1c(O)c(CC=C(C)C)c2c(c1O)C(=O)C1=CC3CC4C(C)(C)OC(C/C=C(\C)C(=O)OCCCN5CCN(CCO)CC5)(C3=O)C14O2. The lowest BCUT2D eigenvalue weighted by atomic mass is 9.51. The Balaban J connectivity index is 1.30. The van der Waals surface area contributed by atoms with Crippen molar-refractivity contribution in [2.75, 3.05) is 52.5 Å². The Bertz CT molecular complexity index is 1950. The number of hydrogen-bond donors (Lipinski definition) is 3. The predicted molar refractivity (Wildman–Crippen MR) is 223 cm³/mol. The first-order valence-corrected chi connectivity index (χ1v) is 21.1. The molecule has 2 saturated heterocycles. The number of aliphatic hydroxyl groups is 1. The molecular formula is C47H64N2O9. The van der Waals surface area contributed by atoms with E-state index in [1.165, 1.54) is 5.57 Å². The summed E-state index contributed by atoms with van der Waals surface area (Å²) < 4.78 is 19.6. The molecule has 11 heteroatoms. The number of phenols is 2. The Morgan fingerprint density at radius 1 is 0.897 bits per heavy atom. The van der Waals surface area contributed by atoms with Crippen LogP contribution in [0.25, 0.3) is 0 Å². The zero-order chi connectivity index (χ0) is 42.2. The summed E-state index contributed by atoms with van der Waals surface area (Å²) in [6.07, 6.45) is 12.7. The minimum absolute atomic E-state index is 0.00730. The van der Waals surface area contributed by atoms with Crippen LogP contribution in [0.15, 0.2) is 58.2 Å². The molecular weight excluding hydrogens is 737 g/mol. The van der Waals surface area contributed by atoms with E-state index in [1.54, 1.807) is 19.1 Å². The van der Waals surface area contributed by atoms with Gasteiger partial charge in [-0.25, -0.2) is 4.79 Å². The van der Waals surface area contributed by atoms with Gasteiger partial charge in [0.25, 0.3) is 0 Å². The van der Waals surface area contributed by atoms with Gasteiger partial charge >= 0.3 is 5.97 Å². The second-order valence-corrected chi connectivity index (χ2v) is 17.9. The number of β-amino-alcohol motifs (C(OH)–C–C–N with tert-alkyl or cyclic N) is 1. The van der Waals surface area contributed by atoms with Gasteiger partial charge in [-0.05, 0) is 93.9 Å². The van der Waals surface area contributed by atoms with E-state index in [0.29, 0.717) is 30.5 Å². The van der Waals surface area contributed by atoms with Gasteiger partial charge < -0.3 is 34.4 Å².